The van der Waals surface area contributed by atoms with Crippen molar-refractivity contribution in [2.45, 2.75) is 11.5 Å². The van der Waals surface area contributed by atoms with Crippen LogP contribution in [0, 0.1) is 17.1 Å². The van der Waals surface area contributed by atoms with E-state index in [0.717, 1.165) is 18.2 Å². The van der Waals surface area contributed by atoms with E-state index in [2.05, 4.69) is 10.2 Å². The van der Waals surface area contributed by atoms with E-state index in [1.54, 1.807) is 6.07 Å². The van der Waals surface area contributed by atoms with Gasteiger partial charge in [-0.15, -0.1) is 0 Å². The molecule has 0 bridgehead atoms. The lowest BCUT2D eigenvalue weighted by molar-refractivity contribution is 0.592. The number of nitrogens with zero attached hydrogens (tertiary/aromatic N) is 2. The zero-order valence-electron chi connectivity index (χ0n) is 11.0. The normalized spacial score (nSPS) is 11.1. The van der Waals surface area contributed by atoms with Gasteiger partial charge >= 0.3 is 0 Å². The molecule has 1 heterocycles. The average molecular weight is 342 g/mol. The van der Waals surface area contributed by atoms with Gasteiger partial charge in [-0.2, -0.15) is 10.4 Å². The van der Waals surface area contributed by atoms with Gasteiger partial charge in [-0.1, -0.05) is 11.6 Å². The van der Waals surface area contributed by atoms with Crippen LogP contribution >= 0.6 is 11.6 Å². The summed E-state index contributed by atoms with van der Waals surface area (Å²) in [5.74, 6) is -1.83. The first-order valence-electron chi connectivity index (χ1n) is 5.93. The first-order valence-corrected chi connectivity index (χ1v) is 8.13. The number of nitrogens with one attached hydrogen (secondary N) is 1. The molecule has 1 aromatic carbocycles. The van der Waals surface area contributed by atoms with Gasteiger partial charge < -0.3 is 0 Å². The summed E-state index contributed by atoms with van der Waals surface area (Å²) in [6.07, 6.45) is 0. The van der Waals surface area contributed by atoms with Gasteiger partial charge in [-0.25, -0.2) is 12.8 Å². The fourth-order valence-corrected chi connectivity index (χ4v) is 3.36. The molecule has 0 spiro atoms. The van der Waals surface area contributed by atoms with Crippen molar-refractivity contribution in [3.8, 4) is 6.07 Å². The summed E-state index contributed by atoms with van der Waals surface area (Å²) < 4.78 is 37.5. The molecule has 114 valence electrons. The molecule has 0 saturated carbocycles. The third-order valence-corrected chi connectivity index (χ3v) is 4.35. The van der Waals surface area contributed by atoms with Crippen LogP contribution < -0.4 is 5.43 Å². The van der Waals surface area contributed by atoms with Crippen molar-refractivity contribution in [2.75, 3.05) is 0 Å². The Labute approximate surface area is 130 Å². The first kappa shape index (κ1) is 16.1. The quantitative estimate of drug-likeness (QED) is 0.908. The molecule has 9 heteroatoms. The molecule has 0 unspecified atom stereocenters. The molecule has 0 radical (unpaired) electrons. The lowest BCUT2D eigenvalue weighted by Gasteiger charge is -2.05. The van der Waals surface area contributed by atoms with E-state index in [4.69, 9.17) is 16.9 Å². The van der Waals surface area contributed by atoms with E-state index >= 15 is 0 Å². The van der Waals surface area contributed by atoms with Gasteiger partial charge in [0, 0.05) is 6.07 Å². The highest BCUT2D eigenvalue weighted by Crippen LogP contribution is 2.14. The monoisotopic (exact) mass is 341 g/mol. The van der Waals surface area contributed by atoms with Crippen molar-refractivity contribution in [3.05, 3.63) is 62.3 Å². The number of H-pyrrole nitrogens is 1. The first-order chi connectivity index (χ1) is 10.3. The lowest BCUT2D eigenvalue weighted by Crippen LogP contribution is -2.18. The minimum Gasteiger partial charge on any atom is -0.288 e. The number of hydrogen-bond acceptors (Lipinski definition) is 5. The van der Waals surface area contributed by atoms with Crippen LogP contribution in [0.1, 0.15) is 16.8 Å². The van der Waals surface area contributed by atoms with Crippen molar-refractivity contribution < 1.29 is 12.8 Å². The molecular weight excluding hydrogens is 333 g/mol. The van der Waals surface area contributed by atoms with Crippen LogP contribution in [0.2, 0.25) is 5.15 Å². The summed E-state index contributed by atoms with van der Waals surface area (Å²) in [5, 5.41) is 14.6. The second-order valence-electron chi connectivity index (χ2n) is 4.52. The highest BCUT2D eigenvalue weighted by molar-refractivity contribution is 7.89. The average Bonchev–Trinajstić information content (AvgIpc) is 2.40. The van der Waals surface area contributed by atoms with Crippen LogP contribution in [0.25, 0.3) is 0 Å². The summed E-state index contributed by atoms with van der Waals surface area (Å²) in [4.78, 5) is 11.6. The molecule has 2 aromatic rings. The van der Waals surface area contributed by atoms with Crippen molar-refractivity contribution in [2.24, 2.45) is 0 Å². The second kappa shape index (κ2) is 6.25. The Morgan fingerprint density at radius 2 is 2.00 bits per heavy atom. The molecule has 0 saturated heterocycles. The Morgan fingerprint density at radius 1 is 1.27 bits per heavy atom. The SMILES string of the molecule is N#Cc1cc(F)cc(CS(=O)(=O)Cc2n[nH]c(Cl)cc2=O)c1. The number of benzene rings is 1. The maximum atomic E-state index is 13.3. The van der Waals surface area contributed by atoms with Crippen molar-refractivity contribution in [3.63, 3.8) is 0 Å². The maximum Gasteiger partial charge on any atom is 0.205 e. The molecule has 0 aliphatic rings. The number of sulfone groups is 1. The van der Waals surface area contributed by atoms with Crippen LogP contribution in [-0.4, -0.2) is 18.6 Å². The number of nitriles is 1. The van der Waals surface area contributed by atoms with E-state index < -0.39 is 32.6 Å². The predicted molar refractivity (Wildman–Crippen MR) is 77.3 cm³/mol. The van der Waals surface area contributed by atoms with Crippen LogP contribution in [0.15, 0.2) is 29.1 Å². The molecule has 2 rings (SSSR count). The second-order valence-corrected chi connectivity index (χ2v) is 6.99. The molecule has 0 aliphatic heterocycles. The van der Waals surface area contributed by atoms with Gasteiger partial charge in [-0.3, -0.25) is 9.89 Å². The minimum atomic E-state index is -3.77. The van der Waals surface area contributed by atoms with E-state index in [1.807, 2.05) is 0 Å². The predicted octanol–water partition coefficient (Wildman–Crippen LogP) is 1.55. The highest BCUT2D eigenvalue weighted by Gasteiger charge is 2.17. The third kappa shape index (κ3) is 4.13. The Kier molecular flexibility index (Phi) is 4.59. The highest BCUT2D eigenvalue weighted by atomic mass is 35.5. The van der Waals surface area contributed by atoms with Gasteiger partial charge in [0.05, 0.1) is 23.1 Å². The van der Waals surface area contributed by atoms with Gasteiger partial charge in [0.2, 0.25) is 5.43 Å². The topological polar surface area (TPSA) is 104 Å². The fourth-order valence-electron chi connectivity index (χ4n) is 1.82. The fraction of sp³-hybridized carbons (Fsp3) is 0.154. The Bertz CT molecular complexity index is 919. The van der Waals surface area contributed by atoms with Gasteiger partial charge in [0.1, 0.15) is 16.7 Å². The number of halogens is 2. The van der Waals surface area contributed by atoms with E-state index in [1.165, 1.54) is 6.07 Å². The van der Waals surface area contributed by atoms with Gasteiger partial charge in [0.25, 0.3) is 0 Å². The van der Waals surface area contributed by atoms with Crippen molar-refractivity contribution >= 4 is 21.4 Å². The smallest absolute Gasteiger partial charge is 0.205 e. The van der Waals surface area contributed by atoms with Crippen LogP contribution in [0.4, 0.5) is 4.39 Å². The summed E-state index contributed by atoms with van der Waals surface area (Å²) in [7, 11) is -3.77. The molecular formula is C13H9ClFN3O3S. The number of aromatic amines is 1. The molecule has 0 aliphatic carbocycles. The Hall–Kier alpha value is -2.24. The summed E-state index contributed by atoms with van der Waals surface area (Å²) in [6, 6.07) is 6.07. The van der Waals surface area contributed by atoms with Gasteiger partial charge in [-0.05, 0) is 23.8 Å². The zero-order chi connectivity index (χ0) is 16.3. The van der Waals surface area contributed by atoms with Crippen LogP contribution in [0.5, 0.6) is 0 Å². The molecule has 1 aromatic heterocycles. The molecule has 22 heavy (non-hydrogen) atoms. The summed E-state index contributed by atoms with van der Waals surface area (Å²) >= 11 is 5.53. The minimum absolute atomic E-state index is 0.00468. The lowest BCUT2D eigenvalue weighted by atomic mass is 10.1. The largest absolute Gasteiger partial charge is 0.288 e. The number of aromatic nitrogens is 2. The van der Waals surface area contributed by atoms with E-state index in [0.29, 0.717) is 0 Å². The molecule has 6 nitrogen and oxygen atoms in total. The standard InChI is InChI=1S/C13H9ClFN3O3S/c14-13-4-12(19)11(17-18-13)7-22(20,21)6-9-1-8(5-16)2-10(15)3-9/h1-4H,6-7H2,(H,18,19). The molecule has 1 N–H and O–H groups in total. The van der Waals surface area contributed by atoms with Crippen LogP contribution in [-0.2, 0) is 21.3 Å². The molecule has 0 atom stereocenters. The Morgan fingerprint density at radius 3 is 2.64 bits per heavy atom. The summed E-state index contributed by atoms with van der Waals surface area (Å²) in [5.41, 5.74) is -0.666. The number of hydrogen-bond donors (Lipinski definition) is 1. The van der Waals surface area contributed by atoms with E-state index in [9.17, 15) is 17.6 Å². The zero-order valence-corrected chi connectivity index (χ0v) is 12.6. The van der Waals surface area contributed by atoms with E-state index in [-0.39, 0.29) is 22.0 Å². The number of rotatable bonds is 4. The van der Waals surface area contributed by atoms with Crippen molar-refractivity contribution in [1.82, 2.24) is 10.2 Å². The molecule has 0 amide bonds. The van der Waals surface area contributed by atoms with Gasteiger partial charge in [0.15, 0.2) is 9.84 Å². The van der Waals surface area contributed by atoms with Crippen molar-refractivity contribution in [1.29, 1.82) is 5.26 Å². The maximum absolute atomic E-state index is 13.3. The van der Waals surface area contributed by atoms with Crippen LogP contribution in [0.3, 0.4) is 0 Å². The molecule has 0 fully saturated rings. The Balaban J connectivity index is 2.27. The third-order valence-electron chi connectivity index (χ3n) is 2.67. The summed E-state index contributed by atoms with van der Waals surface area (Å²) in [6.45, 7) is 0.